The first-order valence-corrected chi connectivity index (χ1v) is 13.3. The number of aliphatic hydroxyl groups is 1. The van der Waals surface area contributed by atoms with Gasteiger partial charge in [0.15, 0.2) is 0 Å². The number of aliphatic hydroxyl groups excluding tert-OH is 1. The summed E-state index contributed by atoms with van der Waals surface area (Å²) in [5.41, 5.74) is 6.88. The van der Waals surface area contributed by atoms with Gasteiger partial charge in [-0.3, -0.25) is 14.4 Å². The van der Waals surface area contributed by atoms with E-state index < -0.39 is 54.5 Å². The zero-order chi connectivity index (χ0) is 28.1. The second kappa shape index (κ2) is 15.6. The first-order valence-electron chi connectivity index (χ1n) is 12.0. The van der Waals surface area contributed by atoms with Gasteiger partial charge in [-0.05, 0) is 41.7 Å². The van der Waals surface area contributed by atoms with Gasteiger partial charge in [-0.1, -0.05) is 42.5 Å². The van der Waals surface area contributed by atoms with Gasteiger partial charge in [0.25, 0.3) is 0 Å². The second-order valence-corrected chi connectivity index (χ2v) is 9.64. The zero-order valence-electron chi connectivity index (χ0n) is 21.0. The molecule has 11 nitrogen and oxygen atoms in total. The zero-order valence-corrected chi connectivity index (χ0v) is 21.8. The van der Waals surface area contributed by atoms with Crippen molar-refractivity contribution in [2.75, 3.05) is 18.6 Å². The average Bonchev–Trinajstić information content (AvgIpc) is 2.91. The number of aliphatic carboxylic acids is 1. The number of carboxylic acid groups (broad SMARTS) is 1. The van der Waals surface area contributed by atoms with E-state index in [2.05, 4.69) is 16.0 Å². The van der Waals surface area contributed by atoms with E-state index in [9.17, 15) is 29.4 Å². The summed E-state index contributed by atoms with van der Waals surface area (Å²) in [6, 6.07) is 10.1. The van der Waals surface area contributed by atoms with Gasteiger partial charge in [-0.25, -0.2) is 4.79 Å². The van der Waals surface area contributed by atoms with Crippen LogP contribution in [0.1, 0.15) is 17.5 Å². The van der Waals surface area contributed by atoms with Crippen LogP contribution in [-0.2, 0) is 32.0 Å². The number of phenols is 1. The van der Waals surface area contributed by atoms with Gasteiger partial charge in [0.1, 0.15) is 29.9 Å². The van der Waals surface area contributed by atoms with Crippen LogP contribution in [0.15, 0.2) is 54.6 Å². The Morgan fingerprint density at radius 1 is 0.816 bits per heavy atom. The van der Waals surface area contributed by atoms with Crippen LogP contribution < -0.4 is 21.7 Å². The highest BCUT2D eigenvalue weighted by Gasteiger charge is 2.30. The molecule has 0 bridgehead atoms. The lowest BCUT2D eigenvalue weighted by molar-refractivity contribution is -0.142. The fraction of sp³-hybridized carbons (Fsp3) is 0.385. The lowest BCUT2D eigenvalue weighted by Crippen LogP contribution is -2.58. The molecule has 4 unspecified atom stereocenters. The number of hydrogen-bond acceptors (Lipinski definition) is 8. The fourth-order valence-corrected chi connectivity index (χ4v) is 4.01. The minimum Gasteiger partial charge on any atom is -0.508 e. The van der Waals surface area contributed by atoms with E-state index in [0.717, 1.165) is 5.56 Å². The molecule has 3 amide bonds. The molecular formula is C26H34N4O7S. The van der Waals surface area contributed by atoms with E-state index in [1.807, 2.05) is 6.26 Å². The summed E-state index contributed by atoms with van der Waals surface area (Å²) in [4.78, 5) is 50.6. The van der Waals surface area contributed by atoms with Crippen LogP contribution in [-0.4, -0.2) is 81.8 Å². The number of carboxylic acids is 1. The second-order valence-electron chi connectivity index (χ2n) is 8.65. The summed E-state index contributed by atoms with van der Waals surface area (Å²) in [6.45, 7) is -0.598. The largest absolute Gasteiger partial charge is 0.508 e. The van der Waals surface area contributed by atoms with E-state index in [4.69, 9.17) is 10.8 Å². The summed E-state index contributed by atoms with van der Waals surface area (Å²) in [6.07, 6.45) is 2.11. The number of carbonyl (C=O) groups is 4. The molecule has 0 fully saturated rings. The van der Waals surface area contributed by atoms with E-state index >= 15 is 0 Å². The van der Waals surface area contributed by atoms with Crippen molar-refractivity contribution < 1.29 is 34.5 Å². The molecule has 0 radical (unpaired) electrons. The number of phenolic OH excluding ortho intramolecular Hbond substituents is 1. The minimum atomic E-state index is -1.29. The van der Waals surface area contributed by atoms with E-state index in [1.54, 1.807) is 42.5 Å². The van der Waals surface area contributed by atoms with E-state index in [0.29, 0.717) is 11.3 Å². The Morgan fingerprint density at radius 3 is 1.92 bits per heavy atom. The molecule has 2 aromatic rings. The molecule has 0 heterocycles. The SMILES string of the molecule is CSCCC(NC(=O)C(N)CO)C(=O)NC(Cc1ccccc1)C(=O)NC(Cc1ccc(O)cc1)C(=O)O. The normalized spacial score (nSPS) is 14.0. The first-order chi connectivity index (χ1) is 18.1. The molecule has 0 saturated heterocycles. The summed E-state index contributed by atoms with van der Waals surface area (Å²) >= 11 is 1.46. The number of aromatic hydroxyl groups is 1. The standard InChI is InChI=1S/C26H34N4O7S/c1-38-12-11-20(28-23(33)19(27)15-31)24(34)29-21(13-16-5-3-2-4-6-16)25(35)30-22(26(36)37)14-17-7-9-18(32)10-8-17/h2-10,19-22,31-32H,11-15,27H2,1H3,(H,28,33)(H,29,34)(H,30,35)(H,36,37). The molecule has 0 aliphatic heterocycles. The maximum atomic E-state index is 13.3. The third-order valence-corrected chi connectivity index (χ3v) is 6.33. The van der Waals surface area contributed by atoms with Crippen LogP contribution in [0.2, 0.25) is 0 Å². The summed E-state index contributed by atoms with van der Waals surface area (Å²) in [5, 5.41) is 36.0. The predicted octanol–water partition coefficient (Wildman–Crippen LogP) is -0.211. The van der Waals surface area contributed by atoms with Crippen molar-refractivity contribution in [2.45, 2.75) is 43.4 Å². The molecule has 0 spiro atoms. The van der Waals surface area contributed by atoms with Crippen LogP contribution in [0.3, 0.4) is 0 Å². The number of nitrogens with two attached hydrogens (primary N) is 1. The number of rotatable bonds is 15. The molecule has 4 atom stereocenters. The number of carbonyl (C=O) groups excluding carboxylic acids is 3. The Hall–Kier alpha value is -3.61. The molecule has 2 aromatic carbocycles. The highest BCUT2D eigenvalue weighted by Crippen LogP contribution is 2.12. The predicted molar refractivity (Wildman–Crippen MR) is 143 cm³/mol. The van der Waals surface area contributed by atoms with Crippen LogP contribution in [0.4, 0.5) is 0 Å². The van der Waals surface area contributed by atoms with E-state index in [1.165, 1.54) is 23.9 Å². The Bertz CT molecular complexity index is 1070. The number of benzene rings is 2. The van der Waals surface area contributed by atoms with Gasteiger partial charge in [0.05, 0.1) is 6.61 Å². The Morgan fingerprint density at radius 2 is 1.34 bits per heavy atom. The number of amides is 3. The van der Waals surface area contributed by atoms with Crippen molar-refractivity contribution in [2.24, 2.45) is 5.73 Å². The van der Waals surface area contributed by atoms with Crippen molar-refractivity contribution in [3.8, 4) is 5.75 Å². The minimum absolute atomic E-state index is 0.0263. The Kier molecular flexibility index (Phi) is 12.6. The molecule has 0 aromatic heterocycles. The van der Waals surface area contributed by atoms with Crippen molar-refractivity contribution in [3.05, 3.63) is 65.7 Å². The lowest BCUT2D eigenvalue weighted by Gasteiger charge is -2.25. The average molecular weight is 547 g/mol. The third kappa shape index (κ3) is 10.0. The maximum Gasteiger partial charge on any atom is 0.326 e. The molecule has 0 aliphatic carbocycles. The topological polar surface area (TPSA) is 191 Å². The van der Waals surface area contributed by atoms with Crippen molar-refractivity contribution >= 4 is 35.5 Å². The van der Waals surface area contributed by atoms with Gasteiger partial charge in [0, 0.05) is 12.8 Å². The number of hydrogen-bond donors (Lipinski definition) is 7. The van der Waals surface area contributed by atoms with Gasteiger partial charge in [-0.15, -0.1) is 0 Å². The van der Waals surface area contributed by atoms with Gasteiger partial charge < -0.3 is 37.0 Å². The van der Waals surface area contributed by atoms with Gasteiger partial charge in [0.2, 0.25) is 17.7 Å². The smallest absolute Gasteiger partial charge is 0.326 e. The lowest BCUT2D eigenvalue weighted by atomic mass is 10.0. The molecule has 2 rings (SSSR count). The highest BCUT2D eigenvalue weighted by molar-refractivity contribution is 7.98. The van der Waals surface area contributed by atoms with Crippen LogP contribution >= 0.6 is 11.8 Å². The molecule has 0 saturated carbocycles. The van der Waals surface area contributed by atoms with Gasteiger partial charge in [-0.2, -0.15) is 11.8 Å². The third-order valence-electron chi connectivity index (χ3n) is 5.68. The Balaban J connectivity index is 2.23. The number of nitrogens with one attached hydrogen (secondary N) is 3. The number of thioether (sulfide) groups is 1. The molecular weight excluding hydrogens is 512 g/mol. The van der Waals surface area contributed by atoms with Crippen molar-refractivity contribution in [3.63, 3.8) is 0 Å². The van der Waals surface area contributed by atoms with Crippen molar-refractivity contribution in [1.82, 2.24) is 16.0 Å². The Labute approximate surface area is 225 Å². The van der Waals surface area contributed by atoms with Crippen LogP contribution in [0.5, 0.6) is 5.75 Å². The highest BCUT2D eigenvalue weighted by atomic mass is 32.2. The van der Waals surface area contributed by atoms with Crippen LogP contribution in [0, 0.1) is 0 Å². The quantitative estimate of drug-likeness (QED) is 0.158. The molecule has 12 heteroatoms. The maximum absolute atomic E-state index is 13.3. The van der Waals surface area contributed by atoms with Crippen molar-refractivity contribution in [1.29, 1.82) is 0 Å². The fourth-order valence-electron chi connectivity index (χ4n) is 3.54. The molecule has 38 heavy (non-hydrogen) atoms. The molecule has 8 N–H and O–H groups in total. The summed E-state index contributed by atoms with van der Waals surface area (Å²) < 4.78 is 0. The summed E-state index contributed by atoms with van der Waals surface area (Å²) in [7, 11) is 0. The molecule has 0 aliphatic rings. The molecule has 206 valence electrons. The monoisotopic (exact) mass is 546 g/mol. The van der Waals surface area contributed by atoms with Crippen LogP contribution in [0.25, 0.3) is 0 Å². The first kappa shape index (κ1) is 30.6. The van der Waals surface area contributed by atoms with Gasteiger partial charge >= 0.3 is 5.97 Å². The summed E-state index contributed by atoms with van der Waals surface area (Å²) in [5.74, 6) is -2.78. The van der Waals surface area contributed by atoms with E-state index in [-0.39, 0.29) is 25.0 Å².